The molecule has 0 aromatic carbocycles. The number of carboxylic acid groups (broad SMARTS) is 1. The Bertz CT molecular complexity index is 1010. The van der Waals surface area contributed by atoms with Crippen LogP contribution in [0.1, 0.15) is 47.3 Å². The topological polar surface area (TPSA) is 113 Å². The maximum atomic E-state index is 13.6. The number of hydrogen-bond acceptors (Lipinski definition) is 6. The molecule has 1 aliphatic rings. The lowest BCUT2D eigenvalue weighted by atomic mass is 10.1. The summed E-state index contributed by atoms with van der Waals surface area (Å²) in [6.45, 7) is 1.58. The van der Waals surface area contributed by atoms with Crippen molar-refractivity contribution in [2.45, 2.75) is 44.6 Å². The van der Waals surface area contributed by atoms with Crippen molar-refractivity contribution in [1.29, 1.82) is 0 Å². The fourth-order valence-electron chi connectivity index (χ4n) is 3.46. The number of carbonyl (C=O) groups excluding carboxylic acids is 1. The molecule has 2 aromatic heterocycles. The number of carboxylic acids is 1. The van der Waals surface area contributed by atoms with Crippen LogP contribution in [0.2, 0.25) is 5.02 Å². The van der Waals surface area contributed by atoms with Gasteiger partial charge in [-0.3, -0.25) is 4.79 Å². The van der Waals surface area contributed by atoms with Gasteiger partial charge in [-0.2, -0.15) is 4.39 Å². The van der Waals surface area contributed by atoms with Gasteiger partial charge in [0.2, 0.25) is 5.95 Å². The monoisotopic (exact) mass is 542 g/mol. The SMILES string of the molecule is O=C(NC(CCOCCCCc1ccc2c(n1)NCCC2)C(=O)O)c1c(Cl)cnc(F)c1Br. The van der Waals surface area contributed by atoms with Crippen molar-refractivity contribution in [3.8, 4) is 0 Å². The van der Waals surface area contributed by atoms with E-state index in [0.29, 0.717) is 6.61 Å². The lowest BCUT2D eigenvalue weighted by molar-refractivity contribution is -0.139. The molecular weight excluding hydrogens is 519 g/mol. The van der Waals surface area contributed by atoms with E-state index < -0.39 is 23.9 Å². The van der Waals surface area contributed by atoms with Crippen LogP contribution in [0.4, 0.5) is 10.2 Å². The largest absolute Gasteiger partial charge is 0.480 e. The second-order valence-electron chi connectivity index (χ2n) is 7.65. The summed E-state index contributed by atoms with van der Waals surface area (Å²) >= 11 is 8.83. The van der Waals surface area contributed by atoms with E-state index in [4.69, 9.17) is 16.3 Å². The number of nitrogens with zero attached hydrogens (tertiary/aromatic N) is 2. The van der Waals surface area contributed by atoms with Crippen LogP contribution in [0.25, 0.3) is 0 Å². The predicted octanol–water partition coefficient (Wildman–Crippen LogP) is 4.00. The molecule has 0 radical (unpaired) electrons. The van der Waals surface area contributed by atoms with E-state index in [0.717, 1.165) is 56.4 Å². The highest BCUT2D eigenvalue weighted by molar-refractivity contribution is 9.10. The number of rotatable bonds is 11. The number of halogens is 3. The van der Waals surface area contributed by atoms with Crippen LogP contribution in [0.15, 0.2) is 22.8 Å². The van der Waals surface area contributed by atoms with Gasteiger partial charge in [0.25, 0.3) is 5.91 Å². The third-order valence-electron chi connectivity index (χ3n) is 5.24. The van der Waals surface area contributed by atoms with Gasteiger partial charge in [-0.1, -0.05) is 17.7 Å². The predicted molar refractivity (Wildman–Crippen MR) is 125 cm³/mol. The summed E-state index contributed by atoms with van der Waals surface area (Å²) in [5, 5.41) is 15.0. The third kappa shape index (κ3) is 7.09. The number of anilines is 1. The van der Waals surface area contributed by atoms with E-state index in [9.17, 15) is 19.1 Å². The number of aromatic nitrogens is 2. The number of fused-ring (bicyclic) bond motifs is 1. The summed E-state index contributed by atoms with van der Waals surface area (Å²) in [5.41, 5.74) is 2.09. The van der Waals surface area contributed by atoms with Crippen molar-refractivity contribution in [1.82, 2.24) is 15.3 Å². The summed E-state index contributed by atoms with van der Waals surface area (Å²) in [6.07, 6.45) is 5.77. The molecule has 1 amide bonds. The number of carbonyl (C=O) groups is 2. The molecule has 8 nitrogen and oxygen atoms in total. The van der Waals surface area contributed by atoms with Crippen molar-refractivity contribution < 1.29 is 23.8 Å². The first-order valence-corrected chi connectivity index (χ1v) is 11.9. The van der Waals surface area contributed by atoms with Crippen LogP contribution < -0.4 is 10.6 Å². The molecule has 0 spiro atoms. The van der Waals surface area contributed by atoms with Crippen LogP contribution in [-0.4, -0.2) is 52.8 Å². The summed E-state index contributed by atoms with van der Waals surface area (Å²) in [6, 6.07) is 2.99. The minimum Gasteiger partial charge on any atom is -0.480 e. The van der Waals surface area contributed by atoms with E-state index in [1.54, 1.807) is 0 Å². The highest BCUT2D eigenvalue weighted by Crippen LogP contribution is 2.26. The zero-order chi connectivity index (χ0) is 23.8. The zero-order valence-electron chi connectivity index (χ0n) is 17.9. The fraction of sp³-hybridized carbons (Fsp3) is 0.455. The molecule has 178 valence electrons. The Morgan fingerprint density at radius 3 is 2.94 bits per heavy atom. The molecule has 1 unspecified atom stereocenters. The number of aliphatic carboxylic acids is 1. The first-order valence-electron chi connectivity index (χ1n) is 10.7. The Labute approximate surface area is 204 Å². The van der Waals surface area contributed by atoms with Gasteiger partial charge in [-0.05, 0) is 59.7 Å². The lowest BCUT2D eigenvalue weighted by Gasteiger charge is -2.17. The number of amides is 1. The van der Waals surface area contributed by atoms with Gasteiger partial charge in [-0.15, -0.1) is 0 Å². The molecule has 0 saturated carbocycles. The second-order valence-corrected chi connectivity index (χ2v) is 8.85. The normalized spacial score (nSPS) is 13.7. The number of nitrogens with one attached hydrogen (secondary N) is 2. The molecule has 3 heterocycles. The Balaban J connectivity index is 1.38. The lowest BCUT2D eigenvalue weighted by Crippen LogP contribution is -2.41. The molecular formula is C22H25BrClFN4O4. The molecule has 3 rings (SSSR count). The Morgan fingerprint density at radius 1 is 1.33 bits per heavy atom. The number of aryl methyl sites for hydroxylation is 2. The standard InChI is InChI=1S/C22H25BrClFN4O4/c23-18-17(15(24)12-27-19(18)25)21(30)29-16(22(31)32)8-11-33-10-2-1-5-14-7-6-13-4-3-9-26-20(13)28-14/h6-7,12,16H,1-5,8-11H2,(H,26,28)(H,29,30)(H,31,32). The van der Waals surface area contributed by atoms with Crippen LogP contribution in [0.3, 0.4) is 0 Å². The van der Waals surface area contributed by atoms with Gasteiger partial charge >= 0.3 is 5.97 Å². The van der Waals surface area contributed by atoms with Crippen LogP contribution >= 0.6 is 27.5 Å². The average Bonchev–Trinajstić information content (AvgIpc) is 2.80. The molecule has 2 aromatic rings. The van der Waals surface area contributed by atoms with Gasteiger partial charge in [-0.25, -0.2) is 14.8 Å². The maximum Gasteiger partial charge on any atom is 0.326 e. The average molecular weight is 544 g/mol. The number of unbranched alkanes of at least 4 members (excludes halogenated alkanes) is 1. The molecule has 0 fully saturated rings. The second kappa shape index (κ2) is 12.2. The number of ether oxygens (including phenoxy) is 1. The van der Waals surface area contributed by atoms with Crippen molar-refractivity contribution in [3.63, 3.8) is 0 Å². The molecule has 11 heteroatoms. The van der Waals surface area contributed by atoms with E-state index in [1.807, 2.05) is 0 Å². The van der Waals surface area contributed by atoms with Crippen molar-refractivity contribution in [2.75, 3.05) is 25.1 Å². The summed E-state index contributed by atoms with van der Waals surface area (Å²) in [7, 11) is 0. The summed E-state index contributed by atoms with van der Waals surface area (Å²) in [4.78, 5) is 32.0. The Kier molecular flexibility index (Phi) is 9.40. The van der Waals surface area contributed by atoms with E-state index in [1.165, 1.54) is 5.56 Å². The van der Waals surface area contributed by atoms with Crippen molar-refractivity contribution in [2.24, 2.45) is 0 Å². The molecule has 1 aliphatic heterocycles. The third-order valence-corrected chi connectivity index (χ3v) is 6.25. The summed E-state index contributed by atoms with van der Waals surface area (Å²) < 4.78 is 18.9. The van der Waals surface area contributed by atoms with Crippen molar-refractivity contribution >= 4 is 45.2 Å². The number of pyridine rings is 2. The van der Waals surface area contributed by atoms with E-state index in [2.05, 4.69) is 48.7 Å². The molecule has 1 atom stereocenters. The highest BCUT2D eigenvalue weighted by Gasteiger charge is 2.25. The summed E-state index contributed by atoms with van der Waals surface area (Å²) in [5.74, 6) is -1.96. The molecule has 0 aliphatic carbocycles. The van der Waals surface area contributed by atoms with Crippen molar-refractivity contribution in [3.05, 3.63) is 50.6 Å². The van der Waals surface area contributed by atoms with Gasteiger partial charge in [0.15, 0.2) is 0 Å². The first kappa shape index (κ1) is 25.3. The highest BCUT2D eigenvalue weighted by atomic mass is 79.9. The minimum absolute atomic E-state index is 0.0575. The quantitative estimate of drug-likeness (QED) is 0.290. The zero-order valence-corrected chi connectivity index (χ0v) is 20.2. The molecule has 0 saturated heterocycles. The Morgan fingerprint density at radius 2 is 2.15 bits per heavy atom. The molecule has 3 N–H and O–H groups in total. The van der Waals surface area contributed by atoms with Gasteiger partial charge < -0.3 is 20.5 Å². The first-order chi connectivity index (χ1) is 15.9. The van der Waals surface area contributed by atoms with Crippen LogP contribution in [-0.2, 0) is 22.4 Å². The van der Waals surface area contributed by atoms with Gasteiger partial charge in [0, 0.05) is 38.1 Å². The van der Waals surface area contributed by atoms with Crippen LogP contribution in [0, 0.1) is 5.95 Å². The number of hydrogen-bond donors (Lipinski definition) is 3. The fourth-order valence-corrected chi connectivity index (χ4v) is 4.30. The smallest absolute Gasteiger partial charge is 0.326 e. The van der Waals surface area contributed by atoms with E-state index in [-0.39, 0.29) is 28.1 Å². The molecule has 0 bridgehead atoms. The maximum absolute atomic E-state index is 13.6. The Hall–Kier alpha value is -2.30. The minimum atomic E-state index is -1.22. The van der Waals surface area contributed by atoms with Crippen LogP contribution in [0.5, 0.6) is 0 Å². The van der Waals surface area contributed by atoms with Gasteiger partial charge in [0.1, 0.15) is 11.9 Å². The molecule has 33 heavy (non-hydrogen) atoms. The van der Waals surface area contributed by atoms with Gasteiger partial charge in [0.05, 0.1) is 15.1 Å². The van der Waals surface area contributed by atoms with E-state index >= 15 is 0 Å².